The summed E-state index contributed by atoms with van der Waals surface area (Å²) in [5, 5.41) is 6.31. The summed E-state index contributed by atoms with van der Waals surface area (Å²) in [4.78, 5) is 26.3. The molecule has 1 aromatic rings. The van der Waals surface area contributed by atoms with Crippen LogP contribution >= 0.6 is 12.4 Å². The van der Waals surface area contributed by atoms with Gasteiger partial charge in [-0.25, -0.2) is 0 Å². The summed E-state index contributed by atoms with van der Waals surface area (Å²) in [5.74, 6) is -0.323. The molecular weight excluding hydrogens is 318 g/mol. The number of halogens is 1. The standard InChI is InChI=1S/C16H23N3O3.ClH/c1-10(17-15(20)11-5-6-22-9-11)16(21)19(2)14-7-12-3-4-13(8-14)18-12;/h5-6,9-10,12-14,18H,3-4,7-8H2,1-2H3,(H,17,20);1H. The van der Waals surface area contributed by atoms with Crippen molar-refractivity contribution in [2.24, 2.45) is 0 Å². The van der Waals surface area contributed by atoms with Crippen LogP contribution in [0.25, 0.3) is 0 Å². The zero-order chi connectivity index (χ0) is 15.7. The zero-order valence-electron chi connectivity index (χ0n) is 13.5. The van der Waals surface area contributed by atoms with Gasteiger partial charge in [0.2, 0.25) is 5.91 Å². The van der Waals surface area contributed by atoms with Crippen LogP contribution in [0.15, 0.2) is 23.0 Å². The summed E-state index contributed by atoms with van der Waals surface area (Å²) in [6.07, 6.45) is 7.23. The van der Waals surface area contributed by atoms with Crippen molar-refractivity contribution in [1.29, 1.82) is 0 Å². The van der Waals surface area contributed by atoms with Gasteiger partial charge in [-0.1, -0.05) is 0 Å². The third-order valence-electron chi connectivity index (χ3n) is 4.84. The molecule has 23 heavy (non-hydrogen) atoms. The van der Waals surface area contributed by atoms with Gasteiger partial charge < -0.3 is 20.0 Å². The maximum Gasteiger partial charge on any atom is 0.255 e. The smallest absolute Gasteiger partial charge is 0.255 e. The number of nitrogens with zero attached hydrogens (tertiary/aromatic N) is 1. The maximum absolute atomic E-state index is 12.5. The van der Waals surface area contributed by atoms with E-state index in [1.165, 1.54) is 25.4 Å². The van der Waals surface area contributed by atoms with Crippen LogP contribution in [0, 0.1) is 0 Å². The van der Waals surface area contributed by atoms with Gasteiger partial charge in [-0.05, 0) is 38.7 Å². The van der Waals surface area contributed by atoms with Gasteiger partial charge in [0.25, 0.3) is 5.91 Å². The lowest BCUT2D eigenvalue weighted by atomic mass is 9.98. The topological polar surface area (TPSA) is 74.6 Å². The highest BCUT2D eigenvalue weighted by molar-refractivity contribution is 5.97. The van der Waals surface area contributed by atoms with E-state index in [4.69, 9.17) is 4.42 Å². The third-order valence-corrected chi connectivity index (χ3v) is 4.84. The Bertz CT molecular complexity index is 537. The van der Waals surface area contributed by atoms with Crippen LogP contribution in [0.2, 0.25) is 0 Å². The van der Waals surface area contributed by atoms with Gasteiger partial charge in [0.05, 0.1) is 11.8 Å². The molecule has 3 unspecified atom stereocenters. The fraction of sp³-hybridized carbons (Fsp3) is 0.625. The molecule has 2 fully saturated rings. The molecule has 0 radical (unpaired) electrons. The molecule has 7 heteroatoms. The van der Waals surface area contributed by atoms with Gasteiger partial charge in [0.1, 0.15) is 12.3 Å². The molecule has 3 rings (SSSR count). The SMILES string of the molecule is CC(NC(=O)c1ccoc1)C(=O)N(C)C1CC2CCC(C1)N2.Cl. The van der Waals surface area contributed by atoms with Crippen LogP contribution in [0.1, 0.15) is 43.0 Å². The van der Waals surface area contributed by atoms with Crippen molar-refractivity contribution >= 4 is 24.2 Å². The summed E-state index contributed by atoms with van der Waals surface area (Å²) in [5.41, 5.74) is 0.433. The van der Waals surface area contributed by atoms with Gasteiger partial charge in [-0.2, -0.15) is 0 Å². The lowest BCUT2D eigenvalue weighted by Gasteiger charge is -2.36. The average molecular weight is 342 g/mol. The number of amides is 2. The molecule has 0 saturated carbocycles. The van der Waals surface area contributed by atoms with Crippen molar-refractivity contribution in [1.82, 2.24) is 15.5 Å². The van der Waals surface area contributed by atoms with Crippen molar-refractivity contribution in [2.75, 3.05) is 7.05 Å². The number of fused-ring (bicyclic) bond motifs is 2. The molecule has 3 heterocycles. The van der Waals surface area contributed by atoms with E-state index in [2.05, 4.69) is 10.6 Å². The maximum atomic E-state index is 12.5. The van der Waals surface area contributed by atoms with E-state index in [9.17, 15) is 9.59 Å². The van der Waals surface area contributed by atoms with Gasteiger partial charge >= 0.3 is 0 Å². The third kappa shape index (κ3) is 3.87. The van der Waals surface area contributed by atoms with Crippen LogP contribution in [0.4, 0.5) is 0 Å². The quantitative estimate of drug-likeness (QED) is 0.871. The van der Waals surface area contributed by atoms with E-state index < -0.39 is 6.04 Å². The first kappa shape index (κ1) is 17.8. The van der Waals surface area contributed by atoms with E-state index in [1.54, 1.807) is 13.0 Å². The molecular formula is C16H24ClN3O3. The van der Waals surface area contributed by atoms with E-state index in [0.717, 1.165) is 12.8 Å². The highest BCUT2D eigenvalue weighted by atomic mass is 35.5. The molecule has 2 aliphatic rings. The molecule has 128 valence electrons. The number of carbonyl (C=O) groups is 2. The summed E-state index contributed by atoms with van der Waals surface area (Å²) in [7, 11) is 1.85. The largest absolute Gasteiger partial charge is 0.472 e. The number of likely N-dealkylation sites (N-methyl/N-ethyl adjacent to an activating group) is 1. The lowest BCUT2D eigenvalue weighted by molar-refractivity contribution is -0.134. The Morgan fingerprint density at radius 2 is 2.00 bits per heavy atom. The predicted octanol–water partition coefficient (Wildman–Crippen LogP) is 1.56. The number of furan rings is 1. The van der Waals surface area contributed by atoms with Gasteiger partial charge in [-0.3, -0.25) is 9.59 Å². The summed E-state index contributed by atoms with van der Waals surface area (Å²) in [6, 6.07) is 2.38. The first-order valence-corrected chi connectivity index (χ1v) is 7.90. The number of carbonyl (C=O) groups excluding carboxylic acids is 2. The van der Waals surface area contributed by atoms with Crippen LogP contribution in [-0.4, -0.2) is 47.9 Å². The van der Waals surface area contributed by atoms with Gasteiger partial charge in [0.15, 0.2) is 0 Å². The van der Waals surface area contributed by atoms with Crippen molar-refractivity contribution in [3.8, 4) is 0 Å². The molecule has 0 spiro atoms. The molecule has 2 aliphatic heterocycles. The predicted molar refractivity (Wildman–Crippen MR) is 88.6 cm³/mol. The lowest BCUT2D eigenvalue weighted by Crippen LogP contribution is -2.53. The van der Waals surface area contributed by atoms with Crippen molar-refractivity contribution in [3.05, 3.63) is 24.2 Å². The van der Waals surface area contributed by atoms with Gasteiger partial charge in [0, 0.05) is 25.2 Å². The average Bonchev–Trinajstić information content (AvgIpc) is 3.15. The van der Waals surface area contributed by atoms with E-state index in [0.29, 0.717) is 17.6 Å². The number of piperidine rings is 1. The second-order valence-electron chi connectivity index (χ2n) is 6.42. The first-order valence-electron chi connectivity index (χ1n) is 7.90. The van der Waals surface area contributed by atoms with Crippen molar-refractivity contribution in [2.45, 2.75) is 56.8 Å². The monoisotopic (exact) mass is 341 g/mol. The number of hydrogen-bond donors (Lipinski definition) is 2. The molecule has 0 aliphatic carbocycles. The first-order chi connectivity index (χ1) is 10.5. The van der Waals surface area contributed by atoms with E-state index in [-0.39, 0.29) is 30.3 Å². The van der Waals surface area contributed by atoms with E-state index >= 15 is 0 Å². The Morgan fingerprint density at radius 3 is 2.57 bits per heavy atom. The van der Waals surface area contributed by atoms with Gasteiger partial charge in [-0.15, -0.1) is 12.4 Å². The molecule has 1 aromatic heterocycles. The molecule has 0 aromatic carbocycles. The Kier molecular flexibility index (Phi) is 5.70. The molecule has 6 nitrogen and oxygen atoms in total. The minimum Gasteiger partial charge on any atom is -0.472 e. The molecule has 2 N–H and O–H groups in total. The minimum atomic E-state index is -0.542. The molecule has 2 amide bonds. The highest BCUT2D eigenvalue weighted by Crippen LogP contribution is 2.29. The Balaban J connectivity index is 0.00000192. The van der Waals surface area contributed by atoms with Crippen molar-refractivity contribution < 1.29 is 14.0 Å². The minimum absolute atomic E-state index is 0. The summed E-state index contributed by atoms with van der Waals surface area (Å²) < 4.78 is 4.89. The number of hydrogen-bond acceptors (Lipinski definition) is 4. The van der Waals surface area contributed by atoms with Crippen LogP contribution in [0.5, 0.6) is 0 Å². The van der Waals surface area contributed by atoms with Crippen molar-refractivity contribution in [3.63, 3.8) is 0 Å². The summed E-state index contributed by atoms with van der Waals surface area (Å²) >= 11 is 0. The van der Waals surface area contributed by atoms with E-state index in [1.807, 2.05) is 11.9 Å². The van der Waals surface area contributed by atoms with Crippen LogP contribution < -0.4 is 10.6 Å². The second kappa shape index (κ2) is 7.36. The fourth-order valence-corrected chi connectivity index (χ4v) is 3.56. The molecule has 3 atom stereocenters. The fourth-order valence-electron chi connectivity index (χ4n) is 3.56. The Morgan fingerprint density at radius 1 is 1.35 bits per heavy atom. The number of rotatable bonds is 4. The molecule has 2 saturated heterocycles. The normalized spacial score (nSPS) is 27.0. The zero-order valence-corrected chi connectivity index (χ0v) is 14.3. The number of nitrogens with one attached hydrogen (secondary N) is 2. The Labute approximate surface area is 142 Å². The second-order valence-corrected chi connectivity index (χ2v) is 6.42. The summed E-state index contributed by atoms with van der Waals surface area (Å²) in [6.45, 7) is 1.73. The highest BCUT2D eigenvalue weighted by Gasteiger charge is 2.37. The van der Waals surface area contributed by atoms with Crippen LogP contribution in [0.3, 0.4) is 0 Å². The molecule has 2 bridgehead atoms. The van der Waals surface area contributed by atoms with Crippen LogP contribution in [-0.2, 0) is 4.79 Å². The Hall–Kier alpha value is -1.53.